The molecule has 2 unspecified atom stereocenters. The predicted molar refractivity (Wildman–Crippen MR) is 69.8 cm³/mol. The molecule has 1 aromatic rings. The van der Waals surface area contributed by atoms with E-state index in [9.17, 15) is 0 Å². The molecular weight excluding hydrogens is 226 g/mol. The van der Waals surface area contributed by atoms with Crippen molar-refractivity contribution >= 4 is 0 Å². The third-order valence-electron chi connectivity index (χ3n) is 3.23. The maximum Gasteiger partial charge on any atom is 0.0991 e. The highest BCUT2D eigenvalue weighted by atomic mass is 16.5. The molecule has 1 fully saturated rings. The fourth-order valence-electron chi connectivity index (χ4n) is 2.19. The lowest BCUT2D eigenvalue weighted by atomic mass is 10.1. The van der Waals surface area contributed by atoms with E-state index in [0.717, 1.165) is 26.2 Å². The summed E-state index contributed by atoms with van der Waals surface area (Å²) in [5.74, 6) is 0. The van der Waals surface area contributed by atoms with E-state index in [-0.39, 0.29) is 12.1 Å². The van der Waals surface area contributed by atoms with Crippen molar-refractivity contribution in [2.24, 2.45) is 5.73 Å². The highest BCUT2D eigenvalue weighted by Gasteiger charge is 2.23. The zero-order valence-electron chi connectivity index (χ0n) is 10.7. The van der Waals surface area contributed by atoms with Gasteiger partial charge in [0.25, 0.3) is 0 Å². The van der Waals surface area contributed by atoms with E-state index in [2.05, 4.69) is 17.0 Å². The summed E-state index contributed by atoms with van der Waals surface area (Å²) in [6, 6.07) is 9.97. The van der Waals surface area contributed by atoms with Gasteiger partial charge in [-0.2, -0.15) is 5.26 Å². The Labute approximate surface area is 108 Å². The Morgan fingerprint density at radius 1 is 1.61 bits per heavy atom. The van der Waals surface area contributed by atoms with Crippen LogP contribution in [0.2, 0.25) is 0 Å². The minimum Gasteiger partial charge on any atom is -0.374 e. The molecule has 0 saturated carbocycles. The Bertz CT molecular complexity index is 439. The van der Waals surface area contributed by atoms with Crippen molar-refractivity contribution in [1.82, 2.24) is 4.90 Å². The van der Waals surface area contributed by atoms with Gasteiger partial charge in [-0.3, -0.25) is 4.90 Å². The lowest BCUT2D eigenvalue weighted by Crippen LogP contribution is -2.49. The Kier molecular flexibility index (Phi) is 4.32. The first kappa shape index (κ1) is 13.0. The second-order valence-corrected chi connectivity index (χ2v) is 4.82. The molecule has 2 rings (SSSR count). The van der Waals surface area contributed by atoms with E-state index in [1.165, 1.54) is 5.56 Å². The third-order valence-corrected chi connectivity index (χ3v) is 3.23. The molecule has 18 heavy (non-hydrogen) atoms. The zero-order chi connectivity index (χ0) is 13.0. The Morgan fingerprint density at radius 2 is 2.44 bits per heavy atom. The van der Waals surface area contributed by atoms with Crippen molar-refractivity contribution in [1.29, 1.82) is 5.26 Å². The molecule has 2 N–H and O–H groups in total. The van der Waals surface area contributed by atoms with Crippen molar-refractivity contribution in [3.63, 3.8) is 0 Å². The maximum atomic E-state index is 8.88. The van der Waals surface area contributed by atoms with Gasteiger partial charge in [-0.15, -0.1) is 0 Å². The normalized spacial score (nSPS) is 22.4. The fourth-order valence-corrected chi connectivity index (χ4v) is 2.19. The third kappa shape index (κ3) is 3.30. The van der Waals surface area contributed by atoms with E-state index in [1.807, 2.05) is 25.1 Å². The molecule has 2 atom stereocenters. The van der Waals surface area contributed by atoms with Gasteiger partial charge in [0.2, 0.25) is 0 Å². The van der Waals surface area contributed by atoms with E-state index < -0.39 is 0 Å². The zero-order valence-corrected chi connectivity index (χ0v) is 10.7. The van der Waals surface area contributed by atoms with Crippen LogP contribution in [0.1, 0.15) is 18.1 Å². The van der Waals surface area contributed by atoms with Crippen LogP contribution < -0.4 is 5.73 Å². The first-order valence-corrected chi connectivity index (χ1v) is 6.27. The van der Waals surface area contributed by atoms with Crippen LogP contribution in [0.25, 0.3) is 0 Å². The summed E-state index contributed by atoms with van der Waals surface area (Å²) < 4.78 is 5.63. The molecule has 0 radical (unpaired) electrons. The molecule has 1 heterocycles. The second-order valence-electron chi connectivity index (χ2n) is 4.82. The molecule has 4 heteroatoms. The van der Waals surface area contributed by atoms with Crippen molar-refractivity contribution < 1.29 is 4.74 Å². The van der Waals surface area contributed by atoms with Gasteiger partial charge in [-0.05, 0) is 24.6 Å². The lowest BCUT2D eigenvalue weighted by molar-refractivity contribution is -0.0403. The number of nitriles is 1. The number of hydrogen-bond acceptors (Lipinski definition) is 4. The predicted octanol–water partition coefficient (Wildman–Crippen LogP) is 1.11. The van der Waals surface area contributed by atoms with Crippen LogP contribution in [0.4, 0.5) is 0 Å². The number of hydrogen-bond donors (Lipinski definition) is 1. The van der Waals surface area contributed by atoms with Crippen LogP contribution >= 0.6 is 0 Å². The molecule has 0 spiro atoms. The van der Waals surface area contributed by atoms with E-state index in [4.69, 9.17) is 15.7 Å². The molecule has 4 nitrogen and oxygen atoms in total. The lowest BCUT2D eigenvalue weighted by Gasteiger charge is -2.34. The van der Waals surface area contributed by atoms with Crippen molar-refractivity contribution in [2.45, 2.75) is 25.6 Å². The minimum atomic E-state index is 0.0539. The fraction of sp³-hybridized carbons (Fsp3) is 0.500. The van der Waals surface area contributed by atoms with E-state index in [0.29, 0.717) is 5.56 Å². The Hall–Kier alpha value is -1.41. The monoisotopic (exact) mass is 245 g/mol. The second kappa shape index (κ2) is 5.96. The van der Waals surface area contributed by atoms with Gasteiger partial charge < -0.3 is 10.5 Å². The molecule has 1 aliphatic rings. The molecule has 1 aliphatic heterocycles. The molecule has 1 aromatic carbocycles. The van der Waals surface area contributed by atoms with Crippen LogP contribution in [0.5, 0.6) is 0 Å². The number of morpholine rings is 1. The topological polar surface area (TPSA) is 62.3 Å². The molecule has 0 aromatic heterocycles. The largest absolute Gasteiger partial charge is 0.374 e. The Morgan fingerprint density at radius 3 is 3.17 bits per heavy atom. The summed E-state index contributed by atoms with van der Waals surface area (Å²) in [5, 5.41) is 8.88. The van der Waals surface area contributed by atoms with Crippen molar-refractivity contribution in [3.05, 3.63) is 35.4 Å². The summed E-state index contributed by atoms with van der Waals surface area (Å²) in [6.45, 7) is 5.32. The maximum absolute atomic E-state index is 8.88. The van der Waals surface area contributed by atoms with E-state index in [1.54, 1.807) is 0 Å². The smallest absolute Gasteiger partial charge is 0.0991 e. The van der Waals surface area contributed by atoms with Gasteiger partial charge in [-0.1, -0.05) is 12.1 Å². The first-order chi connectivity index (χ1) is 8.69. The van der Waals surface area contributed by atoms with Crippen molar-refractivity contribution in [2.75, 3.05) is 19.7 Å². The number of nitrogens with two attached hydrogens (primary N) is 1. The molecule has 1 saturated heterocycles. The van der Waals surface area contributed by atoms with Gasteiger partial charge in [0.1, 0.15) is 0 Å². The molecular formula is C14H19N3O. The molecule has 0 bridgehead atoms. The number of rotatable bonds is 3. The van der Waals surface area contributed by atoms with Gasteiger partial charge in [-0.25, -0.2) is 0 Å². The first-order valence-electron chi connectivity index (χ1n) is 6.27. The summed E-state index contributed by atoms with van der Waals surface area (Å²) >= 11 is 0. The number of benzene rings is 1. The van der Waals surface area contributed by atoms with Crippen LogP contribution in [0.3, 0.4) is 0 Å². The average molecular weight is 245 g/mol. The SMILES string of the molecule is CC(N)C1CN(Cc2cccc(C#N)c2)CCO1. The van der Waals surface area contributed by atoms with Crippen molar-refractivity contribution in [3.8, 4) is 6.07 Å². The summed E-state index contributed by atoms with van der Waals surface area (Å²) in [5.41, 5.74) is 7.75. The van der Waals surface area contributed by atoms with Crippen LogP contribution in [0.15, 0.2) is 24.3 Å². The quantitative estimate of drug-likeness (QED) is 0.866. The molecule has 0 amide bonds. The summed E-state index contributed by atoms with van der Waals surface area (Å²) in [6.07, 6.45) is 0.109. The Balaban J connectivity index is 1.98. The van der Waals surface area contributed by atoms with Gasteiger partial charge in [0.05, 0.1) is 24.3 Å². The highest BCUT2D eigenvalue weighted by molar-refractivity contribution is 5.32. The van der Waals surface area contributed by atoms with Crippen LogP contribution in [0, 0.1) is 11.3 Å². The summed E-state index contributed by atoms with van der Waals surface area (Å²) in [4.78, 5) is 2.33. The highest BCUT2D eigenvalue weighted by Crippen LogP contribution is 2.13. The molecule has 0 aliphatic carbocycles. The standard InChI is InChI=1S/C14H19N3O/c1-11(16)14-10-17(5-6-18-14)9-13-4-2-3-12(7-13)8-15/h2-4,7,11,14H,5-6,9-10,16H2,1H3. The van der Waals surface area contributed by atoms with Gasteiger partial charge in [0.15, 0.2) is 0 Å². The molecule has 96 valence electrons. The summed E-state index contributed by atoms with van der Waals surface area (Å²) in [7, 11) is 0. The van der Waals surface area contributed by atoms with Crippen LogP contribution in [-0.4, -0.2) is 36.7 Å². The number of ether oxygens (including phenoxy) is 1. The van der Waals surface area contributed by atoms with E-state index >= 15 is 0 Å². The number of nitrogens with zero attached hydrogens (tertiary/aromatic N) is 2. The van der Waals surface area contributed by atoms with Gasteiger partial charge >= 0.3 is 0 Å². The minimum absolute atomic E-state index is 0.0539. The van der Waals surface area contributed by atoms with Gasteiger partial charge in [0, 0.05) is 25.7 Å². The average Bonchev–Trinajstić information content (AvgIpc) is 2.39. The van der Waals surface area contributed by atoms with Crippen LogP contribution in [-0.2, 0) is 11.3 Å².